The highest BCUT2D eigenvalue weighted by Gasteiger charge is 2.33. The topological polar surface area (TPSA) is 57.5 Å². The Kier molecular flexibility index (Phi) is 3.65. The summed E-state index contributed by atoms with van der Waals surface area (Å²) in [6.45, 7) is 2.92. The van der Waals surface area contributed by atoms with Gasteiger partial charge in [-0.2, -0.15) is 0 Å². The molecule has 0 aliphatic carbocycles. The van der Waals surface area contributed by atoms with Gasteiger partial charge in [0.05, 0.1) is 11.5 Å². The maximum atomic E-state index is 12.6. The molecule has 0 aliphatic rings. The van der Waals surface area contributed by atoms with Crippen LogP contribution in [-0.4, -0.2) is 21.8 Å². The molecule has 1 rings (SSSR count). The zero-order valence-electron chi connectivity index (χ0n) is 9.27. The van der Waals surface area contributed by atoms with E-state index in [1.807, 2.05) is 0 Å². The summed E-state index contributed by atoms with van der Waals surface area (Å²) in [6, 6.07) is 5.66. The number of carbonyl (C=O) groups is 1. The van der Waals surface area contributed by atoms with Gasteiger partial charge in [-0.15, -0.1) is 0 Å². The normalized spacial score (nSPS) is 16.5. The van der Waals surface area contributed by atoms with Gasteiger partial charge in [-0.25, -0.2) is 4.39 Å². The van der Waals surface area contributed by atoms with E-state index in [1.165, 1.54) is 26.0 Å². The van der Waals surface area contributed by atoms with E-state index < -0.39 is 17.5 Å². The molecule has 0 bridgehead atoms. The Morgan fingerprint density at radius 3 is 2.38 bits per heavy atom. The van der Waals surface area contributed by atoms with Gasteiger partial charge in [0, 0.05) is 6.42 Å². The Hall–Kier alpha value is -1.42. The van der Waals surface area contributed by atoms with Crippen LogP contribution in [0.5, 0.6) is 0 Å². The smallest absolute Gasteiger partial charge is 0.309 e. The average molecular weight is 226 g/mol. The Morgan fingerprint density at radius 1 is 1.44 bits per heavy atom. The van der Waals surface area contributed by atoms with Crippen LogP contribution in [0.1, 0.15) is 19.4 Å². The Labute approximate surface area is 93.5 Å². The van der Waals surface area contributed by atoms with Crippen LogP contribution in [0.25, 0.3) is 0 Å². The highest BCUT2D eigenvalue weighted by Crippen LogP contribution is 2.22. The molecule has 0 aliphatic heterocycles. The van der Waals surface area contributed by atoms with Crippen molar-refractivity contribution in [3.63, 3.8) is 0 Å². The number of aliphatic carboxylic acids is 1. The molecular formula is C12H15FO3. The second kappa shape index (κ2) is 4.61. The monoisotopic (exact) mass is 226 g/mol. The molecule has 16 heavy (non-hydrogen) atoms. The molecule has 3 nitrogen and oxygen atoms in total. The molecule has 0 saturated carbocycles. The predicted octanol–water partition coefficient (Wildman–Crippen LogP) is 1.84. The van der Waals surface area contributed by atoms with Crippen LogP contribution >= 0.6 is 0 Å². The first-order valence-electron chi connectivity index (χ1n) is 5.02. The predicted molar refractivity (Wildman–Crippen MR) is 57.5 cm³/mol. The van der Waals surface area contributed by atoms with E-state index in [0.717, 1.165) is 0 Å². The van der Waals surface area contributed by atoms with Crippen LogP contribution < -0.4 is 0 Å². The zero-order chi connectivity index (χ0) is 12.3. The van der Waals surface area contributed by atoms with Crippen LogP contribution in [-0.2, 0) is 11.2 Å². The fourth-order valence-electron chi connectivity index (χ4n) is 1.43. The fourth-order valence-corrected chi connectivity index (χ4v) is 1.43. The third kappa shape index (κ3) is 3.03. The van der Waals surface area contributed by atoms with Crippen molar-refractivity contribution < 1.29 is 19.4 Å². The van der Waals surface area contributed by atoms with Gasteiger partial charge in [-0.3, -0.25) is 4.79 Å². The summed E-state index contributed by atoms with van der Waals surface area (Å²) < 4.78 is 12.6. The number of benzene rings is 1. The van der Waals surface area contributed by atoms with Gasteiger partial charge in [-0.1, -0.05) is 12.1 Å². The van der Waals surface area contributed by atoms with Crippen molar-refractivity contribution in [1.29, 1.82) is 0 Å². The molecule has 1 aromatic rings. The average Bonchev–Trinajstić information content (AvgIpc) is 2.20. The van der Waals surface area contributed by atoms with E-state index in [2.05, 4.69) is 0 Å². The third-order valence-corrected chi connectivity index (χ3v) is 2.78. The number of rotatable bonds is 4. The van der Waals surface area contributed by atoms with Crippen LogP contribution in [0.4, 0.5) is 4.39 Å². The first-order valence-corrected chi connectivity index (χ1v) is 5.02. The SMILES string of the molecule is CC(C(=O)O)C(C)(O)Cc1ccc(F)cc1. The molecule has 2 N–H and O–H groups in total. The molecule has 0 amide bonds. The highest BCUT2D eigenvalue weighted by molar-refractivity contribution is 5.71. The molecule has 0 heterocycles. The summed E-state index contributed by atoms with van der Waals surface area (Å²) in [5.41, 5.74) is -0.636. The molecule has 0 spiro atoms. The molecule has 4 heteroatoms. The summed E-state index contributed by atoms with van der Waals surface area (Å²) in [5, 5.41) is 18.8. The molecular weight excluding hydrogens is 211 g/mol. The molecule has 1 aromatic carbocycles. The van der Waals surface area contributed by atoms with Crippen molar-refractivity contribution in [2.75, 3.05) is 0 Å². The molecule has 0 saturated heterocycles. The summed E-state index contributed by atoms with van der Waals surface area (Å²) >= 11 is 0. The van der Waals surface area contributed by atoms with E-state index in [4.69, 9.17) is 5.11 Å². The van der Waals surface area contributed by atoms with Crippen molar-refractivity contribution in [3.05, 3.63) is 35.6 Å². The van der Waals surface area contributed by atoms with Gasteiger partial charge in [-0.05, 0) is 31.5 Å². The van der Waals surface area contributed by atoms with E-state index in [9.17, 15) is 14.3 Å². The van der Waals surface area contributed by atoms with Gasteiger partial charge in [0.2, 0.25) is 0 Å². The standard InChI is InChI=1S/C12H15FO3/c1-8(11(14)15)12(2,16)7-9-3-5-10(13)6-4-9/h3-6,8,16H,7H2,1-2H3,(H,14,15). The summed E-state index contributed by atoms with van der Waals surface area (Å²) in [5.74, 6) is -2.28. The molecule has 2 atom stereocenters. The lowest BCUT2D eigenvalue weighted by molar-refractivity contribution is -0.149. The van der Waals surface area contributed by atoms with Crippen LogP contribution in [0.2, 0.25) is 0 Å². The maximum absolute atomic E-state index is 12.6. The quantitative estimate of drug-likeness (QED) is 0.823. The van der Waals surface area contributed by atoms with Crippen molar-refractivity contribution in [3.8, 4) is 0 Å². The lowest BCUT2D eigenvalue weighted by Crippen LogP contribution is -2.39. The second-order valence-electron chi connectivity index (χ2n) is 4.22. The molecule has 88 valence electrons. The number of hydrogen-bond acceptors (Lipinski definition) is 2. The van der Waals surface area contributed by atoms with E-state index >= 15 is 0 Å². The van der Waals surface area contributed by atoms with E-state index in [-0.39, 0.29) is 12.2 Å². The minimum absolute atomic E-state index is 0.181. The van der Waals surface area contributed by atoms with Crippen LogP contribution in [0.15, 0.2) is 24.3 Å². The van der Waals surface area contributed by atoms with Crippen LogP contribution in [0.3, 0.4) is 0 Å². The summed E-state index contributed by atoms with van der Waals surface area (Å²) in [7, 11) is 0. The molecule has 0 radical (unpaired) electrons. The Balaban J connectivity index is 2.79. The number of aliphatic hydroxyl groups is 1. The van der Waals surface area contributed by atoms with Gasteiger partial charge in [0.15, 0.2) is 0 Å². The fraction of sp³-hybridized carbons (Fsp3) is 0.417. The second-order valence-corrected chi connectivity index (χ2v) is 4.22. The first kappa shape index (κ1) is 12.6. The Morgan fingerprint density at radius 2 is 1.94 bits per heavy atom. The van der Waals surface area contributed by atoms with Crippen molar-refractivity contribution >= 4 is 5.97 Å². The van der Waals surface area contributed by atoms with Gasteiger partial charge in [0.25, 0.3) is 0 Å². The van der Waals surface area contributed by atoms with Crippen molar-refractivity contribution in [2.24, 2.45) is 5.92 Å². The third-order valence-electron chi connectivity index (χ3n) is 2.78. The first-order chi connectivity index (χ1) is 7.33. The van der Waals surface area contributed by atoms with Gasteiger partial charge >= 0.3 is 5.97 Å². The van der Waals surface area contributed by atoms with Crippen LogP contribution in [0, 0.1) is 11.7 Å². The van der Waals surface area contributed by atoms with Gasteiger partial charge in [0.1, 0.15) is 5.82 Å². The van der Waals surface area contributed by atoms with Gasteiger partial charge < -0.3 is 10.2 Å². The maximum Gasteiger partial charge on any atom is 0.309 e. The lowest BCUT2D eigenvalue weighted by Gasteiger charge is -2.27. The van der Waals surface area contributed by atoms with Crippen molar-refractivity contribution in [2.45, 2.75) is 25.9 Å². The number of carboxylic acids is 1. The number of halogens is 1. The van der Waals surface area contributed by atoms with E-state index in [0.29, 0.717) is 5.56 Å². The Bertz CT molecular complexity index is 370. The minimum Gasteiger partial charge on any atom is -0.481 e. The molecule has 0 fully saturated rings. The largest absolute Gasteiger partial charge is 0.481 e. The summed E-state index contributed by atoms with van der Waals surface area (Å²) in [6.07, 6.45) is 0.181. The van der Waals surface area contributed by atoms with E-state index in [1.54, 1.807) is 12.1 Å². The highest BCUT2D eigenvalue weighted by atomic mass is 19.1. The molecule has 0 aromatic heterocycles. The van der Waals surface area contributed by atoms with Crippen molar-refractivity contribution in [1.82, 2.24) is 0 Å². The number of hydrogen-bond donors (Lipinski definition) is 2. The number of carboxylic acid groups (broad SMARTS) is 1. The summed E-state index contributed by atoms with van der Waals surface area (Å²) in [4.78, 5) is 10.8. The minimum atomic E-state index is -1.34. The zero-order valence-corrected chi connectivity index (χ0v) is 9.27. The lowest BCUT2D eigenvalue weighted by atomic mass is 9.85. The molecule has 2 unspecified atom stereocenters.